The average Bonchev–Trinajstić information content (AvgIpc) is 2.74. The lowest BCUT2D eigenvalue weighted by Crippen LogP contribution is -2.71. The topological polar surface area (TPSA) is 58.6 Å². The van der Waals surface area contributed by atoms with Gasteiger partial charge in [0.15, 0.2) is 0 Å². The number of hydrogen-bond donors (Lipinski definition) is 1. The minimum atomic E-state index is -0.825. The standard InChI is InChI=1S/C16H28N2O3/c1-10-7-8-11(21-10)9-18-13(19)12(15(2,3)4)17-14(20)16(18,5)6/h10-12H,7-9H2,1-6H3,(H,17,20). The van der Waals surface area contributed by atoms with E-state index in [9.17, 15) is 9.59 Å². The quantitative estimate of drug-likeness (QED) is 0.844. The Morgan fingerprint density at radius 2 is 1.90 bits per heavy atom. The Hall–Kier alpha value is -1.10. The summed E-state index contributed by atoms with van der Waals surface area (Å²) in [5.41, 5.74) is -1.13. The van der Waals surface area contributed by atoms with Crippen molar-refractivity contribution in [3.8, 4) is 0 Å². The van der Waals surface area contributed by atoms with Crippen LogP contribution >= 0.6 is 0 Å². The summed E-state index contributed by atoms with van der Waals surface area (Å²) in [5.74, 6) is -0.0941. The molecule has 5 nitrogen and oxygen atoms in total. The molecule has 2 aliphatic rings. The molecule has 3 unspecified atom stereocenters. The fourth-order valence-corrected chi connectivity index (χ4v) is 3.05. The molecule has 2 heterocycles. The van der Waals surface area contributed by atoms with Crippen LogP contribution in [0.1, 0.15) is 54.4 Å². The molecule has 2 fully saturated rings. The maximum atomic E-state index is 12.9. The van der Waals surface area contributed by atoms with Gasteiger partial charge in [0.05, 0.1) is 12.2 Å². The SMILES string of the molecule is CC1CCC(CN2C(=O)C(C(C)(C)C)NC(=O)C2(C)C)O1. The summed E-state index contributed by atoms with van der Waals surface area (Å²) in [6.07, 6.45) is 2.24. The molecule has 2 aliphatic heterocycles. The number of amides is 2. The van der Waals surface area contributed by atoms with E-state index in [0.29, 0.717) is 6.54 Å². The predicted octanol–water partition coefficient (Wildman–Crippen LogP) is 1.71. The molecule has 0 saturated carbocycles. The highest BCUT2D eigenvalue weighted by molar-refractivity contribution is 5.99. The summed E-state index contributed by atoms with van der Waals surface area (Å²) in [6, 6.07) is -0.475. The van der Waals surface area contributed by atoms with Gasteiger partial charge in [-0.2, -0.15) is 0 Å². The van der Waals surface area contributed by atoms with Crippen LogP contribution < -0.4 is 5.32 Å². The molecule has 120 valence electrons. The molecule has 2 amide bonds. The first-order valence-electron chi connectivity index (χ1n) is 7.81. The fourth-order valence-electron chi connectivity index (χ4n) is 3.05. The highest BCUT2D eigenvalue weighted by Crippen LogP contribution is 2.31. The van der Waals surface area contributed by atoms with Gasteiger partial charge in [-0.3, -0.25) is 9.59 Å². The second kappa shape index (κ2) is 5.27. The summed E-state index contributed by atoms with van der Waals surface area (Å²) in [4.78, 5) is 27.0. The smallest absolute Gasteiger partial charge is 0.246 e. The molecule has 0 bridgehead atoms. The number of nitrogens with zero attached hydrogens (tertiary/aromatic N) is 1. The van der Waals surface area contributed by atoms with E-state index in [1.807, 2.05) is 27.7 Å². The Bertz CT molecular complexity index is 439. The first-order valence-corrected chi connectivity index (χ1v) is 7.81. The van der Waals surface area contributed by atoms with Crippen molar-refractivity contribution in [1.29, 1.82) is 0 Å². The largest absolute Gasteiger partial charge is 0.373 e. The molecule has 1 N–H and O–H groups in total. The van der Waals surface area contributed by atoms with Gasteiger partial charge in [-0.15, -0.1) is 0 Å². The third kappa shape index (κ3) is 3.07. The van der Waals surface area contributed by atoms with Gasteiger partial charge in [0.1, 0.15) is 11.6 Å². The fraction of sp³-hybridized carbons (Fsp3) is 0.875. The zero-order valence-corrected chi connectivity index (χ0v) is 14.0. The number of rotatable bonds is 2. The first-order chi connectivity index (χ1) is 9.53. The van der Waals surface area contributed by atoms with Gasteiger partial charge in [0.2, 0.25) is 11.8 Å². The first kappa shape index (κ1) is 16.3. The van der Waals surface area contributed by atoms with Crippen molar-refractivity contribution in [2.24, 2.45) is 5.41 Å². The van der Waals surface area contributed by atoms with Crippen molar-refractivity contribution < 1.29 is 14.3 Å². The molecule has 0 radical (unpaired) electrons. The summed E-state index contributed by atoms with van der Waals surface area (Å²) in [7, 11) is 0. The molecular weight excluding hydrogens is 268 g/mol. The molecule has 5 heteroatoms. The van der Waals surface area contributed by atoms with E-state index < -0.39 is 11.6 Å². The van der Waals surface area contributed by atoms with Crippen LogP contribution in [0.15, 0.2) is 0 Å². The van der Waals surface area contributed by atoms with Crippen molar-refractivity contribution in [1.82, 2.24) is 10.2 Å². The number of nitrogens with one attached hydrogen (secondary N) is 1. The van der Waals surface area contributed by atoms with Crippen LogP contribution in [0, 0.1) is 5.41 Å². The summed E-state index contributed by atoms with van der Waals surface area (Å²) < 4.78 is 5.84. The lowest BCUT2D eigenvalue weighted by atomic mass is 9.81. The van der Waals surface area contributed by atoms with Crippen molar-refractivity contribution in [3.63, 3.8) is 0 Å². The third-order valence-electron chi connectivity index (χ3n) is 4.59. The van der Waals surface area contributed by atoms with Crippen molar-refractivity contribution in [2.75, 3.05) is 6.54 Å². The van der Waals surface area contributed by atoms with E-state index in [4.69, 9.17) is 4.74 Å². The molecule has 3 atom stereocenters. The Balaban J connectivity index is 2.21. The van der Waals surface area contributed by atoms with Crippen LogP contribution in [-0.2, 0) is 14.3 Å². The van der Waals surface area contributed by atoms with E-state index in [1.165, 1.54) is 0 Å². The van der Waals surface area contributed by atoms with Gasteiger partial charge in [0.25, 0.3) is 0 Å². The molecule has 0 aliphatic carbocycles. The second-order valence-electron chi connectivity index (χ2n) is 7.93. The zero-order valence-electron chi connectivity index (χ0n) is 14.0. The molecule has 2 saturated heterocycles. The normalized spacial score (nSPS) is 33.2. The van der Waals surface area contributed by atoms with Crippen LogP contribution in [0.3, 0.4) is 0 Å². The van der Waals surface area contributed by atoms with Crippen LogP contribution in [0.4, 0.5) is 0 Å². The molecule has 0 aromatic heterocycles. The number of carbonyl (C=O) groups is 2. The Morgan fingerprint density at radius 1 is 1.29 bits per heavy atom. The minimum Gasteiger partial charge on any atom is -0.373 e. The maximum absolute atomic E-state index is 12.9. The zero-order chi connectivity index (χ0) is 16.0. The number of ether oxygens (including phenoxy) is 1. The predicted molar refractivity (Wildman–Crippen MR) is 80.7 cm³/mol. The minimum absolute atomic E-state index is 0.00440. The van der Waals surface area contributed by atoms with Gasteiger partial charge < -0.3 is 15.0 Å². The molecule has 0 spiro atoms. The van der Waals surface area contributed by atoms with Crippen molar-refractivity contribution in [2.45, 2.75) is 78.2 Å². The van der Waals surface area contributed by atoms with Crippen LogP contribution in [0.2, 0.25) is 0 Å². The summed E-state index contributed by atoms with van der Waals surface area (Å²) >= 11 is 0. The molecular formula is C16H28N2O3. The Morgan fingerprint density at radius 3 is 2.38 bits per heavy atom. The van der Waals surface area contributed by atoms with Crippen LogP contribution in [0.25, 0.3) is 0 Å². The van der Waals surface area contributed by atoms with Crippen molar-refractivity contribution >= 4 is 11.8 Å². The van der Waals surface area contributed by atoms with Crippen LogP contribution in [0.5, 0.6) is 0 Å². The Kier molecular flexibility index (Phi) is 4.08. The monoisotopic (exact) mass is 296 g/mol. The lowest BCUT2D eigenvalue weighted by molar-refractivity contribution is -0.160. The molecule has 0 aromatic carbocycles. The number of hydrogen-bond acceptors (Lipinski definition) is 3. The summed E-state index contributed by atoms with van der Waals surface area (Å²) in [6.45, 7) is 12.1. The van der Waals surface area contributed by atoms with Gasteiger partial charge in [0, 0.05) is 6.54 Å². The highest BCUT2D eigenvalue weighted by atomic mass is 16.5. The van der Waals surface area contributed by atoms with Gasteiger partial charge in [-0.05, 0) is 39.0 Å². The van der Waals surface area contributed by atoms with E-state index in [1.54, 1.807) is 18.7 Å². The van der Waals surface area contributed by atoms with E-state index in [-0.39, 0.29) is 29.4 Å². The van der Waals surface area contributed by atoms with E-state index in [2.05, 4.69) is 5.32 Å². The second-order valence-corrected chi connectivity index (χ2v) is 7.93. The highest BCUT2D eigenvalue weighted by Gasteiger charge is 2.50. The van der Waals surface area contributed by atoms with E-state index in [0.717, 1.165) is 12.8 Å². The van der Waals surface area contributed by atoms with Crippen molar-refractivity contribution in [3.05, 3.63) is 0 Å². The molecule has 2 rings (SSSR count). The molecule has 0 aromatic rings. The lowest BCUT2D eigenvalue weighted by Gasteiger charge is -2.48. The summed E-state index contributed by atoms with van der Waals surface area (Å²) in [5, 5.41) is 2.89. The maximum Gasteiger partial charge on any atom is 0.246 e. The Labute approximate surface area is 127 Å². The van der Waals surface area contributed by atoms with Gasteiger partial charge >= 0.3 is 0 Å². The van der Waals surface area contributed by atoms with Gasteiger partial charge in [-0.1, -0.05) is 20.8 Å². The van der Waals surface area contributed by atoms with Gasteiger partial charge in [-0.25, -0.2) is 0 Å². The number of carbonyl (C=O) groups excluding carboxylic acids is 2. The number of piperazine rings is 1. The molecule has 21 heavy (non-hydrogen) atoms. The third-order valence-corrected chi connectivity index (χ3v) is 4.59. The van der Waals surface area contributed by atoms with E-state index >= 15 is 0 Å². The van der Waals surface area contributed by atoms with Crippen LogP contribution in [-0.4, -0.2) is 47.0 Å². The average molecular weight is 296 g/mol.